The smallest absolute Gasteiger partial charge is 0.223 e. The predicted octanol–water partition coefficient (Wildman–Crippen LogP) is 4.00. The number of carbonyl (C=O) groups is 1. The number of aromatic nitrogens is 1. The Labute approximate surface area is 160 Å². The fourth-order valence-corrected chi connectivity index (χ4v) is 4.76. The van der Waals surface area contributed by atoms with E-state index >= 15 is 0 Å². The molecule has 1 N–H and O–H groups in total. The number of likely N-dealkylation sites (tertiary alicyclic amines) is 1. The standard InChI is InChI=1S/C21H19FN2O2S/c1-24-19(25)11-15(14-6-2-3-7-16(14)22)20(24)21(26)18-9-8-17(27-18)13-5-4-10-23-12-13/h2-10,12,15,20-21,26H,11H2,1H3/t15-,20-,21?/m1/s1. The average Bonchev–Trinajstić information content (AvgIpc) is 3.28. The number of halogens is 1. The lowest BCUT2D eigenvalue weighted by atomic mass is 9.88. The lowest BCUT2D eigenvalue weighted by Gasteiger charge is -2.29. The van der Waals surface area contributed by atoms with Crippen molar-refractivity contribution in [1.29, 1.82) is 0 Å². The van der Waals surface area contributed by atoms with Gasteiger partial charge in [0.1, 0.15) is 11.9 Å². The largest absolute Gasteiger partial charge is 0.385 e. The number of aliphatic hydroxyl groups excluding tert-OH is 1. The summed E-state index contributed by atoms with van der Waals surface area (Å²) in [5, 5.41) is 11.1. The SMILES string of the molecule is CN1C(=O)C[C@H](c2ccccc2F)[C@@H]1C(O)c1ccc(-c2cccnc2)s1. The van der Waals surface area contributed by atoms with Crippen LogP contribution in [0.25, 0.3) is 10.4 Å². The molecule has 1 aromatic carbocycles. The summed E-state index contributed by atoms with van der Waals surface area (Å²) in [6.45, 7) is 0. The number of rotatable bonds is 4. The van der Waals surface area contributed by atoms with Gasteiger partial charge in [0.05, 0.1) is 6.04 Å². The maximum atomic E-state index is 14.3. The second-order valence-corrected chi connectivity index (χ2v) is 7.83. The minimum absolute atomic E-state index is 0.0867. The molecule has 4 rings (SSSR count). The van der Waals surface area contributed by atoms with Gasteiger partial charge >= 0.3 is 0 Å². The fourth-order valence-electron chi connectivity index (χ4n) is 3.73. The number of carbonyl (C=O) groups excluding carboxylic acids is 1. The highest BCUT2D eigenvalue weighted by Crippen LogP contribution is 2.43. The highest BCUT2D eigenvalue weighted by atomic mass is 32.1. The van der Waals surface area contributed by atoms with Crippen molar-refractivity contribution >= 4 is 17.2 Å². The summed E-state index contributed by atoms with van der Waals surface area (Å²) < 4.78 is 14.3. The summed E-state index contributed by atoms with van der Waals surface area (Å²) >= 11 is 1.46. The van der Waals surface area contributed by atoms with Gasteiger partial charge in [-0.05, 0) is 29.8 Å². The summed E-state index contributed by atoms with van der Waals surface area (Å²) in [4.78, 5) is 19.7. The minimum Gasteiger partial charge on any atom is -0.385 e. The summed E-state index contributed by atoms with van der Waals surface area (Å²) in [6, 6.07) is 13.6. The Morgan fingerprint density at radius 1 is 1.22 bits per heavy atom. The number of likely N-dealkylation sites (N-methyl/N-ethyl adjacent to an activating group) is 1. The van der Waals surface area contributed by atoms with Crippen LogP contribution in [-0.2, 0) is 4.79 Å². The molecule has 0 spiro atoms. The molecule has 2 aromatic heterocycles. The number of benzene rings is 1. The molecule has 138 valence electrons. The van der Waals surface area contributed by atoms with Crippen LogP contribution in [0.4, 0.5) is 4.39 Å². The quantitative estimate of drug-likeness (QED) is 0.742. The molecular weight excluding hydrogens is 363 g/mol. The molecule has 1 amide bonds. The molecule has 0 radical (unpaired) electrons. The third-order valence-electron chi connectivity index (χ3n) is 5.14. The van der Waals surface area contributed by atoms with Gasteiger partial charge in [0, 0.05) is 47.1 Å². The third-order valence-corrected chi connectivity index (χ3v) is 6.34. The van der Waals surface area contributed by atoms with Gasteiger partial charge in [0.25, 0.3) is 0 Å². The Bertz CT molecular complexity index is 960. The molecule has 3 heterocycles. The molecule has 1 unspecified atom stereocenters. The molecular formula is C21H19FN2O2S. The average molecular weight is 382 g/mol. The molecule has 0 saturated carbocycles. The Balaban J connectivity index is 1.67. The zero-order valence-electron chi connectivity index (χ0n) is 14.7. The Hall–Kier alpha value is -2.57. The van der Waals surface area contributed by atoms with E-state index in [1.54, 1.807) is 42.5 Å². The van der Waals surface area contributed by atoms with Crippen molar-refractivity contribution in [1.82, 2.24) is 9.88 Å². The van der Waals surface area contributed by atoms with E-state index in [0.29, 0.717) is 5.56 Å². The summed E-state index contributed by atoms with van der Waals surface area (Å²) in [5.41, 5.74) is 1.45. The third kappa shape index (κ3) is 3.26. The Morgan fingerprint density at radius 2 is 2.04 bits per heavy atom. The first kappa shape index (κ1) is 17.8. The zero-order valence-corrected chi connectivity index (χ0v) is 15.6. The second-order valence-electron chi connectivity index (χ2n) is 6.72. The first-order valence-corrected chi connectivity index (χ1v) is 9.56. The minimum atomic E-state index is -0.888. The van der Waals surface area contributed by atoms with E-state index in [2.05, 4.69) is 4.98 Å². The number of pyridine rings is 1. The molecule has 3 aromatic rings. The molecule has 0 aliphatic carbocycles. The summed E-state index contributed by atoms with van der Waals surface area (Å²) in [7, 11) is 1.67. The summed E-state index contributed by atoms with van der Waals surface area (Å²) in [6.07, 6.45) is 2.79. The van der Waals surface area contributed by atoms with E-state index in [9.17, 15) is 14.3 Å². The molecule has 3 atom stereocenters. The van der Waals surface area contributed by atoms with E-state index in [1.165, 1.54) is 17.4 Å². The van der Waals surface area contributed by atoms with Crippen LogP contribution >= 0.6 is 11.3 Å². The number of thiophene rings is 1. The number of amides is 1. The van der Waals surface area contributed by atoms with Crippen LogP contribution in [0.15, 0.2) is 60.9 Å². The molecule has 1 aliphatic rings. The van der Waals surface area contributed by atoms with E-state index in [4.69, 9.17) is 0 Å². The van der Waals surface area contributed by atoms with Crippen molar-refractivity contribution in [3.05, 3.63) is 77.2 Å². The molecule has 1 saturated heterocycles. The maximum absolute atomic E-state index is 14.3. The number of hydrogen-bond acceptors (Lipinski definition) is 4. The first-order valence-electron chi connectivity index (χ1n) is 8.74. The van der Waals surface area contributed by atoms with Gasteiger partial charge in [-0.2, -0.15) is 0 Å². The van der Waals surface area contributed by atoms with Crippen LogP contribution in [0, 0.1) is 5.82 Å². The van der Waals surface area contributed by atoms with E-state index in [0.717, 1.165) is 15.3 Å². The van der Waals surface area contributed by atoms with Gasteiger partial charge < -0.3 is 10.0 Å². The van der Waals surface area contributed by atoms with E-state index in [-0.39, 0.29) is 24.1 Å². The number of hydrogen-bond donors (Lipinski definition) is 1. The molecule has 0 bridgehead atoms. The predicted molar refractivity (Wildman–Crippen MR) is 103 cm³/mol. The van der Waals surface area contributed by atoms with Crippen LogP contribution in [0.5, 0.6) is 0 Å². The van der Waals surface area contributed by atoms with Gasteiger partial charge in [-0.25, -0.2) is 4.39 Å². The van der Waals surface area contributed by atoms with Crippen molar-refractivity contribution in [2.24, 2.45) is 0 Å². The van der Waals surface area contributed by atoms with Gasteiger partial charge in [0.2, 0.25) is 5.91 Å². The van der Waals surface area contributed by atoms with Crippen molar-refractivity contribution in [2.45, 2.75) is 24.5 Å². The van der Waals surface area contributed by atoms with E-state index < -0.39 is 12.1 Å². The molecule has 4 nitrogen and oxygen atoms in total. The molecule has 1 fully saturated rings. The normalized spacial score (nSPS) is 20.9. The highest BCUT2D eigenvalue weighted by molar-refractivity contribution is 7.15. The highest BCUT2D eigenvalue weighted by Gasteiger charge is 2.44. The van der Waals surface area contributed by atoms with Crippen LogP contribution in [0.3, 0.4) is 0 Å². The summed E-state index contributed by atoms with van der Waals surface area (Å²) in [5.74, 6) is -0.816. The number of aliphatic hydroxyl groups is 1. The topological polar surface area (TPSA) is 53.4 Å². The van der Waals surface area contributed by atoms with Gasteiger partial charge in [-0.15, -0.1) is 11.3 Å². The first-order chi connectivity index (χ1) is 13.1. The monoisotopic (exact) mass is 382 g/mol. The second kappa shape index (κ2) is 7.21. The van der Waals surface area contributed by atoms with Crippen LogP contribution < -0.4 is 0 Å². The Morgan fingerprint density at radius 3 is 2.78 bits per heavy atom. The molecule has 1 aliphatic heterocycles. The Kier molecular flexibility index (Phi) is 4.76. The van der Waals surface area contributed by atoms with Crippen LogP contribution in [0.1, 0.15) is 28.9 Å². The van der Waals surface area contributed by atoms with Crippen molar-refractivity contribution < 1.29 is 14.3 Å². The van der Waals surface area contributed by atoms with Crippen LogP contribution in [0.2, 0.25) is 0 Å². The van der Waals surface area contributed by atoms with Gasteiger partial charge in [-0.1, -0.05) is 24.3 Å². The van der Waals surface area contributed by atoms with Crippen LogP contribution in [-0.4, -0.2) is 34.0 Å². The van der Waals surface area contributed by atoms with Gasteiger partial charge in [0.15, 0.2) is 0 Å². The molecule has 27 heavy (non-hydrogen) atoms. The van der Waals surface area contributed by atoms with Crippen molar-refractivity contribution in [3.8, 4) is 10.4 Å². The zero-order chi connectivity index (χ0) is 19.0. The van der Waals surface area contributed by atoms with Gasteiger partial charge in [-0.3, -0.25) is 9.78 Å². The van der Waals surface area contributed by atoms with Crippen molar-refractivity contribution in [2.75, 3.05) is 7.05 Å². The fraction of sp³-hybridized carbons (Fsp3) is 0.238. The lowest BCUT2D eigenvalue weighted by molar-refractivity contribution is -0.128. The lowest BCUT2D eigenvalue weighted by Crippen LogP contribution is -2.36. The van der Waals surface area contributed by atoms with E-state index in [1.807, 2.05) is 24.3 Å². The van der Waals surface area contributed by atoms with Crippen molar-refractivity contribution in [3.63, 3.8) is 0 Å². The number of nitrogens with zero attached hydrogens (tertiary/aromatic N) is 2. The molecule has 6 heteroatoms. The maximum Gasteiger partial charge on any atom is 0.223 e.